The number of nitrogens with one attached hydrogen (secondary N) is 1. The Morgan fingerprint density at radius 2 is 2.26 bits per heavy atom. The highest BCUT2D eigenvalue weighted by Crippen LogP contribution is 2.24. The fourth-order valence-electron chi connectivity index (χ4n) is 2.62. The van der Waals surface area contributed by atoms with Gasteiger partial charge in [0.2, 0.25) is 0 Å². The summed E-state index contributed by atoms with van der Waals surface area (Å²) < 4.78 is 1.87. The van der Waals surface area contributed by atoms with E-state index in [2.05, 4.69) is 48.0 Å². The molecule has 1 fully saturated rings. The molecule has 0 aliphatic carbocycles. The van der Waals surface area contributed by atoms with Gasteiger partial charge in [0.15, 0.2) is 0 Å². The normalized spacial score (nSPS) is 25.4. The van der Waals surface area contributed by atoms with Gasteiger partial charge in [-0.05, 0) is 19.8 Å². The van der Waals surface area contributed by atoms with E-state index in [1.807, 2.05) is 11.7 Å². The van der Waals surface area contributed by atoms with Gasteiger partial charge in [0.1, 0.15) is 12.2 Å². The van der Waals surface area contributed by atoms with Gasteiger partial charge in [0, 0.05) is 31.7 Å². The highest BCUT2D eigenvalue weighted by molar-refractivity contribution is 4.97. The van der Waals surface area contributed by atoms with Crippen LogP contribution in [0.3, 0.4) is 0 Å². The number of hydrogen-bond acceptors (Lipinski definition) is 4. The van der Waals surface area contributed by atoms with E-state index >= 15 is 0 Å². The van der Waals surface area contributed by atoms with Crippen LogP contribution in [0.1, 0.15) is 39.9 Å². The lowest BCUT2D eigenvalue weighted by Crippen LogP contribution is -2.63. The Hall–Kier alpha value is -0.940. The fraction of sp³-hybridized carbons (Fsp3) is 0.857. The number of aromatic nitrogens is 3. The molecule has 1 aromatic heterocycles. The molecule has 2 unspecified atom stereocenters. The Labute approximate surface area is 116 Å². The van der Waals surface area contributed by atoms with Crippen molar-refractivity contribution in [1.29, 1.82) is 0 Å². The highest BCUT2D eigenvalue weighted by atomic mass is 15.4. The minimum absolute atomic E-state index is 0.163. The van der Waals surface area contributed by atoms with Crippen molar-refractivity contribution in [3.63, 3.8) is 0 Å². The van der Waals surface area contributed by atoms with E-state index in [4.69, 9.17) is 0 Å². The monoisotopic (exact) mass is 265 g/mol. The summed E-state index contributed by atoms with van der Waals surface area (Å²) in [4.78, 5) is 6.89. The van der Waals surface area contributed by atoms with E-state index in [0.717, 1.165) is 25.5 Å². The molecule has 1 aliphatic rings. The first-order chi connectivity index (χ1) is 8.94. The van der Waals surface area contributed by atoms with E-state index in [1.165, 1.54) is 6.42 Å². The van der Waals surface area contributed by atoms with E-state index in [1.54, 1.807) is 6.33 Å². The first kappa shape index (κ1) is 14.5. The van der Waals surface area contributed by atoms with Gasteiger partial charge in [-0.15, -0.1) is 0 Å². The SMILES string of the molecule is CCC(C)C1CN(Cc2ncnn2C)C(C)(C)CN1. The summed E-state index contributed by atoms with van der Waals surface area (Å²) in [5.74, 6) is 1.75. The van der Waals surface area contributed by atoms with Crippen LogP contribution >= 0.6 is 0 Å². The summed E-state index contributed by atoms with van der Waals surface area (Å²) in [6.45, 7) is 12.2. The van der Waals surface area contributed by atoms with Crippen molar-refractivity contribution < 1.29 is 0 Å². The molecule has 2 heterocycles. The number of piperazine rings is 1. The van der Waals surface area contributed by atoms with Crippen molar-refractivity contribution in [1.82, 2.24) is 25.0 Å². The number of aryl methyl sites for hydroxylation is 1. The zero-order chi connectivity index (χ0) is 14.0. The molecule has 1 aromatic rings. The second-order valence-electron chi connectivity index (χ2n) is 6.37. The maximum atomic E-state index is 4.36. The van der Waals surface area contributed by atoms with Crippen LogP contribution in [0.25, 0.3) is 0 Å². The molecule has 0 spiro atoms. The molecule has 108 valence electrons. The highest BCUT2D eigenvalue weighted by Gasteiger charge is 2.35. The van der Waals surface area contributed by atoms with E-state index < -0.39 is 0 Å². The van der Waals surface area contributed by atoms with Crippen LogP contribution in [0.5, 0.6) is 0 Å². The third kappa shape index (κ3) is 3.15. The smallest absolute Gasteiger partial charge is 0.140 e. The van der Waals surface area contributed by atoms with Crippen molar-refractivity contribution in [3.8, 4) is 0 Å². The Bertz CT molecular complexity index is 412. The van der Waals surface area contributed by atoms with E-state index in [-0.39, 0.29) is 5.54 Å². The lowest BCUT2D eigenvalue weighted by atomic mass is 9.91. The second-order valence-corrected chi connectivity index (χ2v) is 6.37. The standard InChI is InChI=1S/C14H27N5/c1-6-11(2)12-7-19(14(3,4)9-15-12)8-13-16-10-17-18(13)5/h10-12,15H,6-9H2,1-5H3. The molecule has 2 atom stereocenters. The molecule has 1 saturated heterocycles. The maximum absolute atomic E-state index is 4.36. The average molecular weight is 265 g/mol. The van der Waals surface area contributed by atoms with Crippen LogP contribution in [0, 0.1) is 5.92 Å². The molecule has 5 heteroatoms. The average Bonchev–Trinajstić information content (AvgIpc) is 2.76. The number of nitrogens with zero attached hydrogens (tertiary/aromatic N) is 4. The van der Waals surface area contributed by atoms with Crippen molar-refractivity contribution in [3.05, 3.63) is 12.2 Å². The molecule has 5 nitrogen and oxygen atoms in total. The van der Waals surface area contributed by atoms with Gasteiger partial charge in [-0.3, -0.25) is 9.58 Å². The number of rotatable bonds is 4. The third-order valence-corrected chi connectivity index (χ3v) is 4.54. The van der Waals surface area contributed by atoms with Crippen LogP contribution in [0.15, 0.2) is 6.33 Å². The second kappa shape index (κ2) is 5.59. The van der Waals surface area contributed by atoms with Gasteiger partial charge in [0.25, 0.3) is 0 Å². The zero-order valence-electron chi connectivity index (χ0n) is 12.8. The minimum atomic E-state index is 0.163. The van der Waals surface area contributed by atoms with Gasteiger partial charge in [-0.2, -0.15) is 5.10 Å². The Kier molecular flexibility index (Phi) is 4.26. The van der Waals surface area contributed by atoms with E-state index in [9.17, 15) is 0 Å². The molecule has 0 bridgehead atoms. The predicted molar refractivity (Wildman–Crippen MR) is 76.7 cm³/mol. The van der Waals surface area contributed by atoms with Gasteiger partial charge in [-0.1, -0.05) is 20.3 Å². The predicted octanol–water partition coefficient (Wildman–Crippen LogP) is 1.41. The molecule has 0 radical (unpaired) electrons. The van der Waals surface area contributed by atoms with E-state index in [0.29, 0.717) is 12.0 Å². The lowest BCUT2D eigenvalue weighted by Gasteiger charge is -2.47. The van der Waals surface area contributed by atoms with Gasteiger partial charge in [0.05, 0.1) is 6.54 Å². The summed E-state index contributed by atoms with van der Waals surface area (Å²) in [5.41, 5.74) is 0.163. The van der Waals surface area contributed by atoms with Crippen molar-refractivity contribution in [2.75, 3.05) is 13.1 Å². The molecule has 19 heavy (non-hydrogen) atoms. The summed E-state index contributed by atoms with van der Waals surface area (Å²) in [5, 5.41) is 7.86. The van der Waals surface area contributed by atoms with Gasteiger partial charge < -0.3 is 5.32 Å². The maximum Gasteiger partial charge on any atom is 0.140 e. The molecule has 0 amide bonds. The van der Waals surface area contributed by atoms with Crippen LogP contribution in [0.4, 0.5) is 0 Å². The quantitative estimate of drug-likeness (QED) is 0.894. The molecular formula is C14H27N5. The molecule has 0 aromatic carbocycles. The first-order valence-electron chi connectivity index (χ1n) is 7.25. The fourth-order valence-corrected chi connectivity index (χ4v) is 2.62. The Morgan fingerprint density at radius 1 is 1.53 bits per heavy atom. The summed E-state index contributed by atoms with van der Waals surface area (Å²) in [7, 11) is 1.96. The Balaban J connectivity index is 2.08. The van der Waals surface area contributed by atoms with Crippen molar-refractivity contribution in [2.24, 2.45) is 13.0 Å². The van der Waals surface area contributed by atoms with Crippen LogP contribution in [0.2, 0.25) is 0 Å². The summed E-state index contributed by atoms with van der Waals surface area (Å²) >= 11 is 0. The molecule has 1 N–H and O–H groups in total. The van der Waals surface area contributed by atoms with Crippen LogP contribution < -0.4 is 5.32 Å². The van der Waals surface area contributed by atoms with Crippen molar-refractivity contribution in [2.45, 2.75) is 52.2 Å². The topological polar surface area (TPSA) is 46.0 Å². The van der Waals surface area contributed by atoms with Crippen molar-refractivity contribution >= 4 is 0 Å². The summed E-state index contributed by atoms with van der Waals surface area (Å²) in [6.07, 6.45) is 2.85. The largest absolute Gasteiger partial charge is 0.311 e. The van der Waals surface area contributed by atoms with Crippen LogP contribution in [-0.4, -0.2) is 44.3 Å². The molecular weight excluding hydrogens is 238 g/mol. The molecule has 1 aliphatic heterocycles. The van der Waals surface area contributed by atoms with Gasteiger partial charge in [-0.25, -0.2) is 4.98 Å². The van der Waals surface area contributed by atoms with Gasteiger partial charge >= 0.3 is 0 Å². The minimum Gasteiger partial charge on any atom is -0.311 e. The third-order valence-electron chi connectivity index (χ3n) is 4.54. The molecule has 0 saturated carbocycles. The van der Waals surface area contributed by atoms with Crippen LogP contribution in [-0.2, 0) is 13.6 Å². The Morgan fingerprint density at radius 3 is 2.84 bits per heavy atom. The number of hydrogen-bond donors (Lipinski definition) is 1. The summed E-state index contributed by atoms with van der Waals surface area (Å²) in [6, 6.07) is 0.575. The molecule has 2 rings (SSSR count). The lowest BCUT2D eigenvalue weighted by molar-refractivity contribution is 0.0418. The first-order valence-corrected chi connectivity index (χ1v) is 7.25. The zero-order valence-corrected chi connectivity index (χ0v) is 12.8.